The van der Waals surface area contributed by atoms with E-state index in [9.17, 15) is 8.42 Å². The summed E-state index contributed by atoms with van der Waals surface area (Å²) >= 11 is 0. The first-order valence-corrected chi connectivity index (χ1v) is 8.53. The highest BCUT2D eigenvalue weighted by Crippen LogP contribution is 2.29. The van der Waals surface area contributed by atoms with Crippen LogP contribution in [0.25, 0.3) is 0 Å². The van der Waals surface area contributed by atoms with Crippen LogP contribution in [0.15, 0.2) is 17.0 Å². The minimum absolute atomic E-state index is 0.193. The van der Waals surface area contributed by atoms with Crippen molar-refractivity contribution < 1.29 is 13.2 Å². The van der Waals surface area contributed by atoms with Gasteiger partial charge < -0.3 is 4.74 Å². The second-order valence-corrected chi connectivity index (χ2v) is 6.85. The maximum absolute atomic E-state index is 12.6. The third-order valence-electron chi connectivity index (χ3n) is 3.40. The fourth-order valence-electron chi connectivity index (χ4n) is 2.34. The van der Waals surface area contributed by atoms with Gasteiger partial charge in [0.15, 0.2) is 0 Å². The SMILES string of the molecule is CCOc1cc(C)c(NS(=O)(=O)c2c(C)n[nH]c2C)cc1C. The Labute approximate surface area is 130 Å². The Balaban J connectivity index is 2.41. The lowest BCUT2D eigenvalue weighted by Crippen LogP contribution is -2.15. The third kappa shape index (κ3) is 3.09. The molecule has 0 radical (unpaired) electrons. The van der Waals surface area contributed by atoms with Gasteiger partial charge in [-0.3, -0.25) is 9.82 Å². The minimum Gasteiger partial charge on any atom is -0.494 e. The molecule has 0 aliphatic heterocycles. The molecule has 0 bridgehead atoms. The van der Waals surface area contributed by atoms with E-state index >= 15 is 0 Å². The molecule has 0 amide bonds. The fourth-order valence-corrected chi connectivity index (χ4v) is 3.84. The minimum atomic E-state index is -3.68. The Morgan fingerprint density at radius 3 is 2.41 bits per heavy atom. The number of H-pyrrole nitrogens is 1. The summed E-state index contributed by atoms with van der Waals surface area (Å²) in [5.74, 6) is 0.763. The van der Waals surface area contributed by atoms with Gasteiger partial charge in [0.25, 0.3) is 10.0 Å². The first-order chi connectivity index (χ1) is 10.3. The lowest BCUT2D eigenvalue weighted by molar-refractivity contribution is 0.338. The molecule has 1 heterocycles. The van der Waals surface area contributed by atoms with E-state index in [0.717, 1.165) is 16.9 Å². The summed E-state index contributed by atoms with van der Waals surface area (Å²) in [5.41, 5.74) is 3.19. The van der Waals surface area contributed by atoms with Crippen molar-refractivity contribution in [2.24, 2.45) is 0 Å². The van der Waals surface area contributed by atoms with Gasteiger partial charge in [-0.1, -0.05) is 0 Å². The standard InChI is InChI=1S/C15H21N3O3S/c1-6-21-14-8-9(2)13(7-10(14)3)18-22(19,20)15-11(4)16-17-12(15)5/h7-8,18H,6H2,1-5H3,(H,16,17). The second-order valence-electron chi connectivity index (χ2n) is 5.23. The molecule has 0 atom stereocenters. The molecule has 0 saturated heterocycles. The van der Waals surface area contributed by atoms with E-state index in [1.165, 1.54) is 0 Å². The van der Waals surface area contributed by atoms with E-state index in [4.69, 9.17) is 4.74 Å². The molecule has 6 nitrogen and oxygen atoms in total. The summed E-state index contributed by atoms with van der Waals surface area (Å²) in [5, 5.41) is 6.63. The maximum atomic E-state index is 12.6. The van der Waals surface area contributed by atoms with E-state index in [1.54, 1.807) is 19.9 Å². The third-order valence-corrected chi connectivity index (χ3v) is 5.02. The van der Waals surface area contributed by atoms with Gasteiger partial charge in [0.05, 0.1) is 23.7 Å². The van der Waals surface area contributed by atoms with Crippen molar-refractivity contribution in [3.8, 4) is 5.75 Å². The number of aryl methyl sites for hydroxylation is 4. The number of anilines is 1. The highest BCUT2D eigenvalue weighted by Gasteiger charge is 2.23. The number of nitrogens with one attached hydrogen (secondary N) is 2. The van der Waals surface area contributed by atoms with Gasteiger partial charge in [0.2, 0.25) is 0 Å². The topological polar surface area (TPSA) is 84.1 Å². The highest BCUT2D eigenvalue weighted by atomic mass is 32.2. The fraction of sp³-hybridized carbons (Fsp3) is 0.400. The van der Waals surface area contributed by atoms with Gasteiger partial charge in [-0.25, -0.2) is 8.42 Å². The van der Waals surface area contributed by atoms with Gasteiger partial charge in [-0.05, 0) is 57.9 Å². The summed E-state index contributed by atoms with van der Waals surface area (Å²) in [6, 6.07) is 3.62. The summed E-state index contributed by atoms with van der Waals surface area (Å²) in [4.78, 5) is 0.193. The number of nitrogens with zero attached hydrogens (tertiary/aromatic N) is 1. The van der Waals surface area contributed by atoms with Crippen molar-refractivity contribution in [2.45, 2.75) is 39.5 Å². The zero-order valence-electron chi connectivity index (χ0n) is 13.4. The number of aromatic nitrogens is 2. The Kier molecular flexibility index (Phi) is 4.46. The lowest BCUT2D eigenvalue weighted by Gasteiger charge is -2.14. The van der Waals surface area contributed by atoms with Gasteiger partial charge >= 0.3 is 0 Å². The molecule has 0 unspecified atom stereocenters. The average Bonchev–Trinajstić information content (AvgIpc) is 2.75. The molecule has 0 spiro atoms. The van der Waals surface area contributed by atoms with E-state index in [2.05, 4.69) is 14.9 Å². The quantitative estimate of drug-likeness (QED) is 0.886. The van der Waals surface area contributed by atoms with E-state index < -0.39 is 10.0 Å². The Hall–Kier alpha value is -2.02. The molecule has 0 aliphatic rings. The van der Waals surface area contributed by atoms with Crippen molar-refractivity contribution in [3.05, 3.63) is 34.6 Å². The molecule has 7 heteroatoms. The molecule has 2 N–H and O–H groups in total. The van der Waals surface area contributed by atoms with Crippen LogP contribution in [0.3, 0.4) is 0 Å². The summed E-state index contributed by atoms with van der Waals surface area (Å²) in [6.45, 7) is 9.55. The number of rotatable bonds is 5. The second kappa shape index (κ2) is 6.00. The normalized spacial score (nSPS) is 11.5. The van der Waals surface area contributed by atoms with E-state index in [1.807, 2.05) is 26.8 Å². The van der Waals surface area contributed by atoms with Gasteiger partial charge in [-0.15, -0.1) is 0 Å². The van der Waals surface area contributed by atoms with Gasteiger partial charge in [-0.2, -0.15) is 5.10 Å². The Morgan fingerprint density at radius 2 is 1.86 bits per heavy atom. The first-order valence-electron chi connectivity index (χ1n) is 7.04. The smallest absolute Gasteiger partial charge is 0.265 e. The van der Waals surface area contributed by atoms with Crippen molar-refractivity contribution >= 4 is 15.7 Å². The van der Waals surface area contributed by atoms with Crippen LogP contribution < -0.4 is 9.46 Å². The van der Waals surface area contributed by atoms with Crippen LogP contribution in [0, 0.1) is 27.7 Å². The zero-order chi connectivity index (χ0) is 16.5. The Bertz CT molecular complexity index is 775. The largest absolute Gasteiger partial charge is 0.494 e. The van der Waals surface area contributed by atoms with Gasteiger partial charge in [0.1, 0.15) is 10.6 Å². The van der Waals surface area contributed by atoms with Gasteiger partial charge in [0, 0.05) is 0 Å². The molecular weight excluding hydrogens is 302 g/mol. The van der Waals surface area contributed by atoms with Crippen molar-refractivity contribution in [1.29, 1.82) is 0 Å². The molecule has 2 aromatic rings. The monoisotopic (exact) mass is 323 g/mol. The van der Waals surface area contributed by atoms with Crippen LogP contribution in [-0.4, -0.2) is 25.2 Å². The number of hydrogen-bond acceptors (Lipinski definition) is 4. The van der Waals surface area contributed by atoms with Crippen LogP contribution in [0.5, 0.6) is 5.75 Å². The molecular formula is C15H21N3O3S. The summed E-state index contributed by atoms with van der Waals surface area (Å²) in [6.07, 6.45) is 0. The molecule has 1 aromatic heterocycles. The summed E-state index contributed by atoms with van der Waals surface area (Å²) in [7, 11) is -3.68. The number of sulfonamides is 1. The summed E-state index contributed by atoms with van der Waals surface area (Å²) < 4.78 is 33.3. The van der Waals surface area contributed by atoms with Crippen LogP contribution in [0.1, 0.15) is 29.4 Å². The lowest BCUT2D eigenvalue weighted by atomic mass is 10.1. The zero-order valence-corrected chi connectivity index (χ0v) is 14.3. The van der Waals surface area contributed by atoms with Crippen LogP contribution in [0.2, 0.25) is 0 Å². The van der Waals surface area contributed by atoms with Crippen LogP contribution in [-0.2, 0) is 10.0 Å². The van der Waals surface area contributed by atoms with Crippen molar-refractivity contribution in [3.63, 3.8) is 0 Å². The van der Waals surface area contributed by atoms with Crippen LogP contribution >= 0.6 is 0 Å². The number of ether oxygens (including phenoxy) is 1. The molecule has 1 aromatic carbocycles. The molecule has 0 aliphatic carbocycles. The predicted octanol–water partition coefficient (Wildman–Crippen LogP) is 2.84. The van der Waals surface area contributed by atoms with E-state index in [-0.39, 0.29) is 4.90 Å². The first kappa shape index (κ1) is 16.4. The van der Waals surface area contributed by atoms with Crippen LogP contribution in [0.4, 0.5) is 5.69 Å². The number of benzene rings is 1. The van der Waals surface area contributed by atoms with Crippen molar-refractivity contribution in [1.82, 2.24) is 10.2 Å². The molecule has 22 heavy (non-hydrogen) atoms. The Morgan fingerprint density at radius 1 is 1.18 bits per heavy atom. The van der Waals surface area contributed by atoms with Crippen molar-refractivity contribution in [2.75, 3.05) is 11.3 Å². The maximum Gasteiger partial charge on any atom is 0.265 e. The molecule has 120 valence electrons. The highest BCUT2D eigenvalue weighted by molar-refractivity contribution is 7.92. The predicted molar refractivity (Wildman–Crippen MR) is 86.0 cm³/mol. The molecule has 0 saturated carbocycles. The molecule has 2 rings (SSSR count). The number of hydrogen-bond donors (Lipinski definition) is 2. The van der Waals surface area contributed by atoms with E-state index in [0.29, 0.717) is 23.7 Å². The molecule has 0 fully saturated rings. The number of aromatic amines is 1. The average molecular weight is 323 g/mol.